The SMILES string of the molecule is C=CCOc1cc(CCl)c(OCC=C)cc1CCl. The summed E-state index contributed by atoms with van der Waals surface area (Å²) in [6.45, 7) is 8.08. The normalized spacial score (nSPS) is 9.89. The van der Waals surface area contributed by atoms with Crippen LogP contribution in [0.5, 0.6) is 11.5 Å². The summed E-state index contributed by atoms with van der Waals surface area (Å²) >= 11 is 11.8. The highest BCUT2D eigenvalue weighted by Crippen LogP contribution is 2.31. The lowest BCUT2D eigenvalue weighted by Crippen LogP contribution is -2.01. The molecule has 0 radical (unpaired) electrons. The lowest BCUT2D eigenvalue weighted by molar-refractivity contribution is 0.348. The molecule has 0 aliphatic heterocycles. The van der Waals surface area contributed by atoms with E-state index in [4.69, 9.17) is 32.7 Å². The lowest BCUT2D eigenvalue weighted by atomic mass is 10.1. The molecule has 0 aliphatic rings. The van der Waals surface area contributed by atoms with Crippen LogP contribution in [0.1, 0.15) is 11.1 Å². The number of ether oxygens (including phenoxy) is 2. The fourth-order valence-electron chi connectivity index (χ4n) is 1.42. The highest BCUT2D eigenvalue weighted by Gasteiger charge is 2.10. The van der Waals surface area contributed by atoms with Gasteiger partial charge in [-0.3, -0.25) is 0 Å². The van der Waals surface area contributed by atoms with Gasteiger partial charge in [-0.1, -0.05) is 25.3 Å². The van der Waals surface area contributed by atoms with Crippen LogP contribution in [0.3, 0.4) is 0 Å². The minimum absolute atomic E-state index is 0.347. The molecule has 1 aromatic rings. The van der Waals surface area contributed by atoms with E-state index < -0.39 is 0 Å². The molecule has 0 bridgehead atoms. The highest BCUT2D eigenvalue weighted by molar-refractivity contribution is 6.18. The second-order valence-corrected chi connectivity index (χ2v) is 4.07. The average Bonchev–Trinajstić information content (AvgIpc) is 2.42. The Balaban J connectivity index is 3.05. The van der Waals surface area contributed by atoms with Crippen LogP contribution in [0.25, 0.3) is 0 Å². The first-order chi connectivity index (χ1) is 8.76. The van der Waals surface area contributed by atoms with Gasteiger partial charge in [0, 0.05) is 11.1 Å². The van der Waals surface area contributed by atoms with Gasteiger partial charge in [-0.15, -0.1) is 23.2 Å². The molecule has 0 aliphatic carbocycles. The predicted octanol–water partition coefficient (Wildman–Crippen LogP) is 4.29. The van der Waals surface area contributed by atoms with Crippen LogP contribution in [0.15, 0.2) is 37.4 Å². The van der Waals surface area contributed by atoms with Crippen LogP contribution in [0.4, 0.5) is 0 Å². The van der Waals surface area contributed by atoms with Gasteiger partial charge < -0.3 is 9.47 Å². The van der Waals surface area contributed by atoms with Crippen molar-refractivity contribution in [2.24, 2.45) is 0 Å². The molecule has 18 heavy (non-hydrogen) atoms. The number of hydrogen-bond donors (Lipinski definition) is 0. The number of hydrogen-bond acceptors (Lipinski definition) is 2. The van der Waals surface area contributed by atoms with E-state index in [0.717, 1.165) is 11.1 Å². The number of alkyl halides is 2. The van der Waals surface area contributed by atoms with Crippen LogP contribution in [0.2, 0.25) is 0 Å². The molecule has 0 saturated heterocycles. The van der Waals surface area contributed by atoms with Gasteiger partial charge in [0.2, 0.25) is 0 Å². The Morgan fingerprint density at radius 1 is 0.889 bits per heavy atom. The van der Waals surface area contributed by atoms with Gasteiger partial charge in [0.15, 0.2) is 0 Å². The maximum Gasteiger partial charge on any atom is 0.124 e. The fourth-order valence-corrected chi connectivity index (χ4v) is 1.84. The maximum atomic E-state index is 5.90. The van der Waals surface area contributed by atoms with Crippen molar-refractivity contribution in [2.45, 2.75) is 11.8 Å². The molecular weight excluding hydrogens is 271 g/mol. The number of halogens is 2. The molecule has 0 heterocycles. The summed E-state index contributed by atoms with van der Waals surface area (Å²) in [5, 5.41) is 0. The van der Waals surface area contributed by atoms with E-state index in [-0.39, 0.29) is 0 Å². The lowest BCUT2D eigenvalue weighted by Gasteiger charge is -2.14. The molecule has 0 fully saturated rings. The molecule has 1 aromatic carbocycles. The van der Waals surface area contributed by atoms with Crippen LogP contribution < -0.4 is 9.47 Å². The van der Waals surface area contributed by atoms with Crippen LogP contribution in [-0.4, -0.2) is 13.2 Å². The first kappa shape index (κ1) is 14.9. The predicted molar refractivity (Wildman–Crippen MR) is 76.9 cm³/mol. The van der Waals surface area contributed by atoms with Crippen molar-refractivity contribution in [1.29, 1.82) is 0 Å². The molecule has 1 rings (SSSR count). The third-order valence-corrected chi connectivity index (χ3v) is 2.82. The van der Waals surface area contributed by atoms with E-state index >= 15 is 0 Å². The van der Waals surface area contributed by atoms with Crippen molar-refractivity contribution in [3.8, 4) is 11.5 Å². The van der Waals surface area contributed by atoms with Crippen molar-refractivity contribution >= 4 is 23.2 Å². The van der Waals surface area contributed by atoms with Crippen molar-refractivity contribution in [2.75, 3.05) is 13.2 Å². The zero-order valence-electron chi connectivity index (χ0n) is 10.1. The fraction of sp³-hybridized carbons (Fsp3) is 0.286. The van der Waals surface area contributed by atoms with E-state index in [1.807, 2.05) is 12.1 Å². The van der Waals surface area contributed by atoms with Gasteiger partial charge in [0.05, 0.1) is 11.8 Å². The third-order valence-electron chi connectivity index (χ3n) is 2.24. The zero-order chi connectivity index (χ0) is 13.4. The van der Waals surface area contributed by atoms with Gasteiger partial charge in [0.1, 0.15) is 24.7 Å². The Labute approximate surface area is 118 Å². The molecule has 98 valence electrons. The van der Waals surface area contributed by atoms with Gasteiger partial charge in [0.25, 0.3) is 0 Å². The van der Waals surface area contributed by atoms with Crippen LogP contribution in [-0.2, 0) is 11.8 Å². The minimum atomic E-state index is 0.347. The Morgan fingerprint density at radius 3 is 1.56 bits per heavy atom. The van der Waals surface area contributed by atoms with Crippen molar-refractivity contribution in [3.63, 3.8) is 0 Å². The quantitative estimate of drug-likeness (QED) is 0.524. The maximum absolute atomic E-state index is 5.90. The van der Waals surface area contributed by atoms with E-state index in [9.17, 15) is 0 Å². The minimum Gasteiger partial charge on any atom is -0.489 e. The molecule has 0 saturated carbocycles. The van der Waals surface area contributed by atoms with E-state index in [2.05, 4.69) is 13.2 Å². The summed E-state index contributed by atoms with van der Waals surface area (Å²) in [6, 6.07) is 3.71. The Hall–Kier alpha value is -1.12. The second kappa shape index (κ2) is 8.06. The van der Waals surface area contributed by atoms with Crippen molar-refractivity contribution in [3.05, 3.63) is 48.6 Å². The Bertz CT molecular complexity index is 377. The van der Waals surface area contributed by atoms with Gasteiger partial charge in [-0.05, 0) is 12.1 Å². The van der Waals surface area contributed by atoms with E-state index in [0.29, 0.717) is 36.5 Å². The van der Waals surface area contributed by atoms with Crippen LogP contribution in [0, 0.1) is 0 Å². The second-order valence-electron chi connectivity index (χ2n) is 3.53. The van der Waals surface area contributed by atoms with E-state index in [1.165, 1.54) is 0 Å². The average molecular weight is 287 g/mol. The summed E-state index contributed by atoms with van der Waals surface area (Å²) in [5.41, 5.74) is 1.73. The summed E-state index contributed by atoms with van der Waals surface area (Å²) in [7, 11) is 0. The molecule has 0 amide bonds. The summed E-state index contributed by atoms with van der Waals surface area (Å²) in [5.74, 6) is 2.12. The van der Waals surface area contributed by atoms with E-state index in [1.54, 1.807) is 12.2 Å². The molecule has 0 atom stereocenters. The number of rotatable bonds is 8. The monoisotopic (exact) mass is 286 g/mol. The summed E-state index contributed by atoms with van der Waals surface area (Å²) in [6.07, 6.45) is 3.36. The first-order valence-corrected chi connectivity index (χ1v) is 6.58. The third kappa shape index (κ3) is 3.97. The molecular formula is C14H16Cl2O2. The molecule has 0 N–H and O–H groups in total. The smallest absolute Gasteiger partial charge is 0.124 e. The molecule has 4 heteroatoms. The Kier molecular flexibility index (Phi) is 6.69. The van der Waals surface area contributed by atoms with Gasteiger partial charge in [-0.25, -0.2) is 0 Å². The standard InChI is InChI=1S/C14H16Cl2O2/c1-3-5-17-13-7-12(10-16)14(18-6-4-2)8-11(13)9-15/h3-4,7-8H,1-2,5-6,9-10H2. The molecule has 2 nitrogen and oxygen atoms in total. The van der Waals surface area contributed by atoms with Gasteiger partial charge in [-0.2, -0.15) is 0 Å². The Morgan fingerprint density at radius 2 is 1.28 bits per heavy atom. The summed E-state index contributed by atoms with van der Waals surface area (Å²) in [4.78, 5) is 0. The zero-order valence-corrected chi connectivity index (χ0v) is 11.6. The molecule has 0 aromatic heterocycles. The largest absolute Gasteiger partial charge is 0.489 e. The molecule has 0 unspecified atom stereocenters. The number of benzene rings is 1. The van der Waals surface area contributed by atoms with Crippen LogP contribution >= 0.6 is 23.2 Å². The van der Waals surface area contributed by atoms with Crippen molar-refractivity contribution in [1.82, 2.24) is 0 Å². The topological polar surface area (TPSA) is 18.5 Å². The summed E-state index contributed by atoms with van der Waals surface area (Å²) < 4.78 is 11.1. The highest BCUT2D eigenvalue weighted by atomic mass is 35.5. The first-order valence-electron chi connectivity index (χ1n) is 5.51. The molecule has 0 spiro atoms. The van der Waals surface area contributed by atoms with Gasteiger partial charge >= 0.3 is 0 Å². The van der Waals surface area contributed by atoms with Crippen molar-refractivity contribution < 1.29 is 9.47 Å².